The minimum absolute atomic E-state index is 0.669. The second-order valence-electron chi connectivity index (χ2n) is 5.21. The summed E-state index contributed by atoms with van der Waals surface area (Å²) in [6.45, 7) is 10.3. The van der Waals surface area contributed by atoms with Gasteiger partial charge in [0, 0.05) is 18.6 Å². The van der Waals surface area contributed by atoms with Gasteiger partial charge in [0.1, 0.15) is 0 Å². The van der Waals surface area contributed by atoms with Gasteiger partial charge in [0.2, 0.25) is 0 Å². The van der Waals surface area contributed by atoms with Gasteiger partial charge in [-0.3, -0.25) is 0 Å². The maximum Gasteiger partial charge on any atom is 0.0212 e. The quantitative estimate of drug-likeness (QED) is 0.652. The normalized spacial score (nSPS) is 17.4. The second-order valence-corrected chi connectivity index (χ2v) is 5.21. The van der Waals surface area contributed by atoms with Crippen molar-refractivity contribution in [2.24, 2.45) is 5.92 Å². The van der Waals surface area contributed by atoms with Crippen LogP contribution in [0.5, 0.6) is 0 Å². The zero-order valence-corrected chi connectivity index (χ0v) is 12.2. The maximum absolute atomic E-state index is 3.74. The van der Waals surface area contributed by atoms with E-state index < -0.39 is 0 Å². The van der Waals surface area contributed by atoms with Gasteiger partial charge >= 0.3 is 0 Å². The SMILES string of the molecule is CCCC(C)C(CC)NCC(CC)N(C)C. The molecule has 0 aromatic heterocycles. The van der Waals surface area contributed by atoms with E-state index in [0.717, 1.165) is 12.5 Å². The molecule has 0 fully saturated rings. The topological polar surface area (TPSA) is 15.3 Å². The molecule has 0 radical (unpaired) electrons. The fourth-order valence-corrected chi connectivity index (χ4v) is 2.38. The Morgan fingerprint density at radius 2 is 1.69 bits per heavy atom. The van der Waals surface area contributed by atoms with Crippen molar-refractivity contribution >= 4 is 0 Å². The predicted molar refractivity (Wildman–Crippen MR) is 73.9 cm³/mol. The molecule has 0 saturated carbocycles. The molecule has 0 heterocycles. The van der Waals surface area contributed by atoms with Crippen molar-refractivity contribution in [2.45, 2.75) is 65.5 Å². The van der Waals surface area contributed by atoms with Crippen LogP contribution in [0.2, 0.25) is 0 Å². The van der Waals surface area contributed by atoms with Gasteiger partial charge in [-0.25, -0.2) is 0 Å². The third-order valence-electron chi connectivity index (χ3n) is 3.69. The van der Waals surface area contributed by atoms with Crippen LogP contribution < -0.4 is 5.32 Å². The lowest BCUT2D eigenvalue weighted by molar-refractivity contribution is 0.249. The molecule has 0 aliphatic rings. The van der Waals surface area contributed by atoms with E-state index in [4.69, 9.17) is 0 Å². The van der Waals surface area contributed by atoms with E-state index in [1.54, 1.807) is 0 Å². The third kappa shape index (κ3) is 5.86. The van der Waals surface area contributed by atoms with Crippen molar-refractivity contribution in [3.05, 3.63) is 0 Å². The maximum atomic E-state index is 3.74. The van der Waals surface area contributed by atoms with Gasteiger partial charge in [0.25, 0.3) is 0 Å². The average Bonchev–Trinajstić information content (AvgIpc) is 2.24. The van der Waals surface area contributed by atoms with Gasteiger partial charge in [-0.05, 0) is 39.3 Å². The molecular formula is C14H32N2. The number of rotatable bonds is 9. The number of likely N-dealkylation sites (N-methyl/N-ethyl adjacent to an activating group) is 1. The summed E-state index contributed by atoms with van der Waals surface area (Å²) in [5.74, 6) is 0.801. The van der Waals surface area contributed by atoms with E-state index in [1.165, 1.54) is 25.7 Å². The summed E-state index contributed by atoms with van der Waals surface area (Å²) in [6.07, 6.45) is 5.10. The molecule has 16 heavy (non-hydrogen) atoms. The summed E-state index contributed by atoms with van der Waals surface area (Å²) in [7, 11) is 4.35. The van der Waals surface area contributed by atoms with Gasteiger partial charge in [0.05, 0.1) is 0 Å². The van der Waals surface area contributed by atoms with E-state index in [-0.39, 0.29) is 0 Å². The fraction of sp³-hybridized carbons (Fsp3) is 1.00. The Hall–Kier alpha value is -0.0800. The third-order valence-corrected chi connectivity index (χ3v) is 3.69. The zero-order valence-electron chi connectivity index (χ0n) is 12.2. The molecule has 1 N–H and O–H groups in total. The molecule has 0 amide bonds. The van der Waals surface area contributed by atoms with Gasteiger partial charge in [-0.2, -0.15) is 0 Å². The lowest BCUT2D eigenvalue weighted by Crippen LogP contribution is -2.43. The lowest BCUT2D eigenvalue weighted by Gasteiger charge is -2.29. The Morgan fingerprint density at radius 3 is 2.06 bits per heavy atom. The fourth-order valence-electron chi connectivity index (χ4n) is 2.38. The van der Waals surface area contributed by atoms with Gasteiger partial charge in [-0.1, -0.05) is 34.1 Å². The highest BCUT2D eigenvalue weighted by atomic mass is 15.1. The molecule has 3 atom stereocenters. The van der Waals surface area contributed by atoms with Gasteiger partial charge in [-0.15, -0.1) is 0 Å². The van der Waals surface area contributed by atoms with E-state index in [0.29, 0.717) is 12.1 Å². The molecule has 0 aromatic carbocycles. The molecule has 3 unspecified atom stereocenters. The Bertz CT molecular complexity index is 157. The Morgan fingerprint density at radius 1 is 1.06 bits per heavy atom. The number of nitrogens with one attached hydrogen (secondary N) is 1. The molecule has 2 nitrogen and oxygen atoms in total. The first-order chi connectivity index (χ1) is 7.56. The highest BCUT2D eigenvalue weighted by Crippen LogP contribution is 2.13. The minimum atomic E-state index is 0.669. The molecule has 98 valence electrons. The van der Waals surface area contributed by atoms with Crippen LogP contribution in [-0.4, -0.2) is 37.6 Å². The number of nitrogens with zero attached hydrogens (tertiary/aromatic N) is 1. The summed E-state index contributed by atoms with van der Waals surface area (Å²) in [5, 5.41) is 3.74. The summed E-state index contributed by atoms with van der Waals surface area (Å²) in [4.78, 5) is 2.32. The summed E-state index contributed by atoms with van der Waals surface area (Å²) >= 11 is 0. The van der Waals surface area contributed by atoms with Crippen LogP contribution in [-0.2, 0) is 0 Å². The van der Waals surface area contributed by atoms with Crippen molar-refractivity contribution in [2.75, 3.05) is 20.6 Å². The van der Waals surface area contributed by atoms with Crippen LogP contribution in [0, 0.1) is 5.92 Å². The first kappa shape index (κ1) is 15.9. The zero-order chi connectivity index (χ0) is 12.6. The Kier molecular flexibility index (Phi) is 8.96. The van der Waals surface area contributed by atoms with Crippen molar-refractivity contribution in [3.8, 4) is 0 Å². The van der Waals surface area contributed by atoms with E-state index in [2.05, 4.69) is 52.0 Å². The van der Waals surface area contributed by atoms with E-state index in [9.17, 15) is 0 Å². The molecule has 0 rings (SSSR count). The van der Waals surface area contributed by atoms with Crippen LogP contribution in [0.25, 0.3) is 0 Å². The monoisotopic (exact) mass is 228 g/mol. The molecule has 0 aromatic rings. The summed E-state index contributed by atoms with van der Waals surface area (Å²) in [6, 6.07) is 1.36. The summed E-state index contributed by atoms with van der Waals surface area (Å²) in [5.41, 5.74) is 0. The van der Waals surface area contributed by atoms with E-state index >= 15 is 0 Å². The summed E-state index contributed by atoms with van der Waals surface area (Å²) < 4.78 is 0. The van der Waals surface area contributed by atoms with Gasteiger partial charge < -0.3 is 10.2 Å². The molecular weight excluding hydrogens is 196 g/mol. The highest BCUT2D eigenvalue weighted by Gasteiger charge is 2.16. The van der Waals surface area contributed by atoms with Crippen molar-refractivity contribution in [1.82, 2.24) is 10.2 Å². The molecule has 0 bridgehead atoms. The first-order valence-electron chi connectivity index (χ1n) is 6.96. The number of hydrogen-bond acceptors (Lipinski definition) is 2. The average molecular weight is 228 g/mol. The van der Waals surface area contributed by atoms with Crippen LogP contribution >= 0.6 is 0 Å². The van der Waals surface area contributed by atoms with Crippen molar-refractivity contribution < 1.29 is 0 Å². The molecule has 2 heteroatoms. The number of hydrogen-bond donors (Lipinski definition) is 1. The van der Waals surface area contributed by atoms with Gasteiger partial charge in [0.15, 0.2) is 0 Å². The second kappa shape index (κ2) is 9.00. The Balaban J connectivity index is 4.02. The molecule has 0 aliphatic heterocycles. The largest absolute Gasteiger partial charge is 0.312 e. The first-order valence-corrected chi connectivity index (χ1v) is 6.96. The molecule has 0 spiro atoms. The van der Waals surface area contributed by atoms with Crippen LogP contribution in [0.1, 0.15) is 53.4 Å². The smallest absolute Gasteiger partial charge is 0.0212 e. The lowest BCUT2D eigenvalue weighted by atomic mass is 9.94. The predicted octanol–water partition coefficient (Wildman–Crippen LogP) is 3.13. The van der Waals surface area contributed by atoms with E-state index in [1.807, 2.05) is 0 Å². The molecule has 0 aliphatic carbocycles. The van der Waals surface area contributed by atoms with Crippen LogP contribution in [0.3, 0.4) is 0 Å². The highest BCUT2D eigenvalue weighted by molar-refractivity contribution is 4.75. The van der Waals surface area contributed by atoms with Crippen LogP contribution in [0.4, 0.5) is 0 Å². The van der Waals surface area contributed by atoms with Crippen molar-refractivity contribution in [1.29, 1.82) is 0 Å². The van der Waals surface area contributed by atoms with Crippen molar-refractivity contribution in [3.63, 3.8) is 0 Å². The standard InChI is InChI=1S/C14H32N2/c1-7-10-12(4)14(9-3)15-11-13(8-2)16(5)6/h12-15H,7-11H2,1-6H3. The minimum Gasteiger partial charge on any atom is -0.312 e. The molecule has 0 saturated heterocycles. The Labute approximate surface area is 103 Å². The van der Waals surface area contributed by atoms with Crippen LogP contribution in [0.15, 0.2) is 0 Å².